The van der Waals surface area contributed by atoms with E-state index < -0.39 is 0 Å². The maximum atomic E-state index is 9.76. The molecule has 26 heavy (non-hydrogen) atoms. The zero-order valence-electron chi connectivity index (χ0n) is 15.7. The van der Waals surface area contributed by atoms with Crippen LogP contribution in [-0.4, -0.2) is 21.8 Å². The molecule has 0 atom stereocenters. The molecule has 0 amide bonds. The lowest BCUT2D eigenvalue weighted by Gasteiger charge is -2.13. The number of hydrogen-bond donors (Lipinski definition) is 1. The standard InChI is InChI=1S/C21H26N4S/c1-4-5-12-26-21-24-19(16-8-6-15(7-9-16)14(2)3)18(13-22)20(25-21)23-17-10-11-17/h6-9,14,17H,4-5,10-12H2,1-3H3,(H,23,24,25). The van der Waals surface area contributed by atoms with Gasteiger partial charge in [-0.3, -0.25) is 0 Å². The molecule has 4 nitrogen and oxygen atoms in total. The van der Waals surface area contributed by atoms with Gasteiger partial charge in [-0.2, -0.15) is 5.26 Å². The summed E-state index contributed by atoms with van der Waals surface area (Å²) in [6.07, 6.45) is 4.58. The van der Waals surface area contributed by atoms with Gasteiger partial charge in [0, 0.05) is 17.4 Å². The average molecular weight is 367 g/mol. The van der Waals surface area contributed by atoms with Crippen molar-refractivity contribution in [3.8, 4) is 17.3 Å². The van der Waals surface area contributed by atoms with Crippen molar-refractivity contribution >= 4 is 17.6 Å². The van der Waals surface area contributed by atoms with Crippen molar-refractivity contribution in [3.05, 3.63) is 35.4 Å². The quantitative estimate of drug-likeness (QED) is 0.374. The minimum Gasteiger partial charge on any atom is -0.366 e. The van der Waals surface area contributed by atoms with Crippen molar-refractivity contribution in [2.45, 2.75) is 63.6 Å². The number of unbranched alkanes of at least 4 members (excludes halogenated alkanes) is 1. The predicted molar refractivity (Wildman–Crippen MR) is 109 cm³/mol. The SMILES string of the molecule is CCCCSc1nc(NC2CC2)c(C#N)c(-c2ccc(C(C)C)cc2)n1. The van der Waals surface area contributed by atoms with Crippen LogP contribution in [0.3, 0.4) is 0 Å². The van der Waals surface area contributed by atoms with Gasteiger partial charge in [-0.1, -0.05) is 63.2 Å². The van der Waals surface area contributed by atoms with Gasteiger partial charge >= 0.3 is 0 Å². The van der Waals surface area contributed by atoms with Crippen molar-refractivity contribution in [1.29, 1.82) is 5.26 Å². The molecule has 1 aliphatic carbocycles. The molecule has 1 heterocycles. The van der Waals surface area contributed by atoms with E-state index in [0.717, 1.165) is 47.8 Å². The highest BCUT2D eigenvalue weighted by Crippen LogP contribution is 2.33. The lowest BCUT2D eigenvalue weighted by Crippen LogP contribution is -2.09. The average Bonchev–Trinajstić information content (AvgIpc) is 3.46. The lowest BCUT2D eigenvalue weighted by molar-refractivity contribution is 0.866. The van der Waals surface area contributed by atoms with Gasteiger partial charge < -0.3 is 5.32 Å². The summed E-state index contributed by atoms with van der Waals surface area (Å²) >= 11 is 1.67. The van der Waals surface area contributed by atoms with Gasteiger partial charge in [-0.05, 0) is 30.7 Å². The van der Waals surface area contributed by atoms with Crippen molar-refractivity contribution in [2.75, 3.05) is 11.1 Å². The Bertz CT molecular complexity index is 789. The number of nitriles is 1. The molecule has 5 heteroatoms. The summed E-state index contributed by atoms with van der Waals surface area (Å²) in [5.74, 6) is 2.17. The molecule has 1 saturated carbocycles. The highest BCUT2D eigenvalue weighted by molar-refractivity contribution is 7.99. The van der Waals surface area contributed by atoms with Gasteiger partial charge in [0.15, 0.2) is 5.16 Å². The zero-order valence-corrected chi connectivity index (χ0v) is 16.6. The summed E-state index contributed by atoms with van der Waals surface area (Å²) in [4.78, 5) is 9.38. The molecule has 2 aromatic rings. The summed E-state index contributed by atoms with van der Waals surface area (Å²) in [5.41, 5.74) is 3.55. The Kier molecular flexibility index (Phi) is 6.16. The largest absolute Gasteiger partial charge is 0.366 e. The number of benzene rings is 1. The first-order chi connectivity index (χ1) is 12.6. The van der Waals surface area contributed by atoms with Gasteiger partial charge in [0.1, 0.15) is 17.5 Å². The van der Waals surface area contributed by atoms with Crippen LogP contribution in [0.4, 0.5) is 5.82 Å². The number of rotatable bonds is 8. The van der Waals surface area contributed by atoms with Crippen LogP contribution in [-0.2, 0) is 0 Å². The lowest BCUT2D eigenvalue weighted by atomic mass is 9.99. The summed E-state index contributed by atoms with van der Waals surface area (Å²) in [6.45, 7) is 6.54. The third-order valence-electron chi connectivity index (χ3n) is 4.50. The third kappa shape index (κ3) is 4.56. The Balaban J connectivity index is 1.99. The number of hydrogen-bond acceptors (Lipinski definition) is 5. The Hall–Kier alpha value is -2.06. The van der Waals surface area contributed by atoms with Crippen LogP contribution in [0, 0.1) is 11.3 Å². The van der Waals surface area contributed by atoms with Crippen molar-refractivity contribution in [3.63, 3.8) is 0 Å². The van der Waals surface area contributed by atoms with E-state index in [1.807, 2.05) is 0 Å². The molecule has 1 N–H and O–H groups in total. The highest BCUT2D eigenvalue weighted by atomic mass is 32.2. The van der Waals surface area contributed by atoms with Gasteiger partial charge in [0.2, 0.25) is 0 Å². The van der Waals surface area contributed by atoms with Gasteiger partial charge in [0.25, 0.3) is 0 Å². The number of nitrogens with zero attached hydrogens (tertiary/aromatic N) is 3. The third-order valence-corrected chi connectivity index (χ3v) is 5.43. The summed E-state index contributed by atoms with van der Waals surface area (Å²) < 4.78 is 0. The van der Waals surface area contributed by atoms with E-state index in [0.29, 0.717) is 23.3 Å². The van der Waals surface area contributed by atoms with E-state index in [-0.39, 0.29) is 0 Å². The summed E-state index contributed by atoms with van der Waals surface area (Å²) in [6, 6.07) is 11.2. The molecule has 0 radical (unpaired) electrons. The molecule has 1 aliphatic rings. The smallest absolute Gasteiger partial charge is 0.190 e. The first-order valence-electron chi connectivity index (χ1n) is 9.44. The minimum absolute atomic E-state index is 0.446. The number of aromatic nitrogens is 2. The molecule has 0 aliphatic heterocycles. The van der Waals surface area contributed by atoms with Crippen LogP contribution in [0.5, 0.6) is 0 Å². The molecule has 0 bridgehead atoms. The van der Waals surface area contributed by atoms with Crippen molar-refractivity contribution < 1.29 is 0 Å². The van der Waals surface area contributed by atoms with Gasteiger partial charge in [-0.25, -0.2) is 9.97 Å². The zero-order chi connectivity index (χ0) is 18.5. The Morgan fingerprint density at radius 1 is 1.23 bits per heavy atom. The Morgan fingerprint density at radius 2 is 1.96 bits per heavy atom. The first-order valence-corrected chi connectivity index (χ1v) is 10.4. The topological polar surface area (TPSA) is 61.6 Å². The fourth-order valence-corrected chi connectivity index (χ4v) is 3.61. The van der Waals surface area contributed by atoms with Gasteiger partial charge in [-0.15, -0.1) is 0 Å². The second kappa shape index (κ2) is 8.55. The maximum Gasteiger partial charge on any atom is 0.190 e. The van der Waals surface area contributed by atoms with E-state index >= 15 is 0 Å². The molecule has 1 aromatic carbocycles. The molecular weight excluding hydrogens is 340 g/mol. The second-order valence-electron chi connectivity index (χ2n) is 7.09. The Morgan fingerprint density at radius 3 is 2.54 bits per heavy atom. The fraction of sp³-hybridized carbons (Fsp3) is 0.476. The van der Waals surface area contributed by atoms with Crippen LogP contribution in [0.2, 0.25) is 0 Å². The van der Waals surface area contributed by atoms with Crippen LogP contribution in [0.25, 0.3) is 11.3 Å². The van der Waals surface area contributed by atoms with Crippen molar-refractivity contribution in [1.82, 2.24) is 9.97 Å². The maximum absolute atomic E-state index is 9.76. The van der Waals surface area contributed by atoms with Crippen molar-refractivity contribution in [2.24, 2.45) is 0 Å². The van der Waals surface area contributed by atoms with Crippen LogP contribution < -0.4 is 5.32 Å². The van der Waals surface area contributed by atoms with E-state index in [4.69, 9.17) is 4.98 Å². The molecule has 136 valence electrons. The van der Waals surface area contributed by atoms with Crippen LogP contribution in [0.1, 0.15) is 63.5 Å². The summed E-state index contributed by atoms with van der Waals surface area (Å²) in [7, 11) is 0. The molecule has 0 saturated heterocycles. The number of nitrogens with one attached hydrogen (secondary N) is 1. The Labute approximate surface area is 160 Å². The monoisotopic (exact) mass is 366 g/mol. The van der Waals surface area contributed by atoms with Crippen LogP contribution in [0.15, 0.2) is 29.4 Å². The molecule has 0 unspecified atom stereocenters. The molecule has 3 rings (SSSR count). The van der Waals surface area contributed by atoms with Crippen LogP contribution >= 0.6 is 11.8 Å². The second-order valence-corrected chi connectivity index (χ2v) is 8.15. The van der Waals surface area contributed by atoms with E-state index in [2.05, 4.69) is 61.4 Å². The molecule has 1 aromatic heterocycles. The normalized spacial score (nSPS) is 13.7. The highest BCUT2D eigenvalue weighted by Gasteiger charge is 2.25. The first kappa shape index (κ1) is 18.7. The number of anilines is 1. The predicted octanol–water partition coefficient (Wildman–Crippen LogP) is 5.61. The minimum atomic E-state index is 0.446. The number of thioether (sulfide) groups is 1. The molecular formula is C21H26N4S. The van der Waals surface area contributed by atoms with E-state index in [1.165, 1.54) is 5.56 Å². The van der Waals surface area contributed by atoms with E-state index in [1.54, 1.807) is 11.8 Å². The summed E-state index contributed by atoms with van der Waals surface area (Å²) in [5, 5.41) is 13.9. The molecule has 0 spiro atoms. The fourth-order valence-electron chi connectivity index (χ4n) is 2.68. The molecule has 1 fully saturated rings. The van der Waals surface area contributed by atoms with Gasteiger partial charge in [0.05, 0.1) is 5.69 Å². The van der Waals surface area contributed by atoms with E-state index in [9.17, 15) is 5.26 Å².